The average Bonchev–Trinajstić information content (AvgIpc) is 2.50. The highest BCUT2D eigenvalue weighted by molar-refractivity contribution is 5.81. The largest absolute Gasteiger partial charge is 0.357 e. The third-order valence-corrected chi connectivity index (χ3v) is 3.37. The number of hydrogen-bond acceptors (Lipinski definition) is 2. The predicted octanol–water partition coefficient (Wildman–Crippen LogP) is 1.30. The topological polar surface area (TPSA) is 65.5 Å². The summed E-state index contributed by atoms with van der Waals surface area (Å²) in [6, 6.07) is 3.39. The summed E-state index contributed by atoms with van der Waals surface area (Å²) in [4.78, 5) is 15.4. The van der Waals surface area contributed by atoms with Gasteiger partial charge >= 0.3 is 0 Å². The molecular formula is C15H20F2N4O. The molecule has 3 N–H and O–H groups in total. The summed E-state index contributed by atoms with van der Waals surface area (Å²) in [5.74, 6) is -0.403. The highest BCUT2D eigenvalue weighted by Gasteiger charge is 2.18. The second-order valence-electron chi connectivity index (χ2n) is 5.11. The molecule has 0 saturated carbocycles. The van der Waals surface area contributed by atoms with E-state index in [0.29, 0.717) is 31.9 Å². The lowest BCUT2D eigenvalue weighted by atomic mass is 10.1. The molecule has 1 saturated heterocycles. The van der Waals surface area contributed by atoms with E-state index in [1.54, 1.807) is 0 Å². The summed E-state index contributed by atoms with van der Waals surface area (Å²) in [5, 5.41) is 9.02. The van der Waals surface area contributed by atoms with Crippen LogP contribution >= 0.6 is 0 Å². The third kappa shape index (κ3) is 4.68. The number of carbonyl (C=O) groups is 1. The van der Waals surface area contributed by atoms with E-state index in [-0.39, 0.29) is 24.1 Å². The van der Waals surface area contributed by atoms with Crippen LogP contribution in [0, 0.1) is 11.6 Å². The molecule has 0 bridgehead atoms. The Morgan fingerprint density at radius 1 is 1.45 bits per heavy atom. The zero-order chi connectivity index (χ0) is 15.9. The fourth-order valence-electron chi connectivity index (χ4n) is 2.20. The second kappa shape index (κ2) is 7.72. The van der Waals surface area contributed by atoms with Crippen LogP contribution in [-0.2, 0) is 11.3 Å². The second-order valence-corrected chi connectivity index (χ2v) is 5.11. The first-order valence-electron chi connectivity index (χ1n) is 7.34. The van der Waals surface area contributed by atoms with Crippen molar-refractivity contribution in [3.63, 3.8) is 0 Å². The quantitative estimate of drug-likeness (QED) is 0.580. The molecule has 2 rings (SSSR count). The van der Waals surface area contributed by atoms with Crippen LogP contribution in [0.4, 0.5) is 8.78 Å². The Hall–Kier alpha value is -2.18. The summed E-state index contributed by atoms with van der Waals surface area (Å²) >= 11 is 0. The summed E-state index contributed by atoms with van der Waals surface area (Å²) in [6.07, 6.45) is 1.18. The molecule has 7 heteroatoms. The monoisotopic (exact) mass is 310 g/mol. The van der Waals surface area contributed by atoms with E-state index in [0.717, 1.165) is 18.2 Å². The average molecular weight is 310 g/mol. The van der Waals surface area contributed by atoms with Crippen LogP contribution in [0.5, 0.6) is 0 Å². The van der Waals surface area contributed by atoms with Gasteiger partial charge in [-0.1, -0.05) is 0 Å². The van der Waals surface area contributed by atoms with Gasteiger partial charge in [-0.2, -0.15) is 0 Å². The Kier molecular flexibility index (Phi) is 5.68. The van der Waals surface area contributed by atoms with Gasteiger partial charge in [0, 0.05) is 31.1 Å². The molecule has 1 aromatic carbocycles. The van der Waals surface area contributed by atoms with E-state index in [2.05, 4.69) is 20.9 Å². The van der Waals surface area contributed by atoms with Gasteiger partial charge in [0.25, 0.3) is 0 Å². The number of hydrogen-bond donors (Lipinski definition) is 3. The van der Waals surface area contributed by atoms with E-state index in [9.17, 15) is 13.6 Å². The van der Waals surface area contributed by atoms with Crippen molar-refractivity contribution in [2.45, 2.75) is 32.4 Å². The van der Waals surface area contributed by atoms with E-state index in [1.807, 2.05) is 6.92 Å². The van der Waals surface area contributed by atoms with Gasteiger partial charge in [-0.15, -0.1) is 0 Å². The van der Waals surface area contributed by atoms with Crippen molar-refractivity contribution in [2.24, 2.45) is 4.99 Å². The van der Waals surface area contributed by atoms with Crippen molar-refractivity contribution in [3.8, 4) is 0 Å². The Morgan fingerprint density at radius 3 is 2.95 bits per heavy atom. The molecule has 1 aromatic rings. The van der Waals surface area contributed by atoms with E-state index >= 15 is 0 Å². The highest BCUT2D eigenvalue weighted by Crippen LogP contribution is 2.11. The molecule has 1 amide bonds. The zero-order valence-corrected chi connectivity index (χ0v) is 12.5. The van der Waals surface area contributed by atoms with Gasteiger partial charge in [-0.25, -0.2) is 13.8 Å². The van der Waals surface area contributed by atoms with Crippen LogP contribution in [0.1, 0.15) is 25.3 Å². The fraction of sp³-hybridized carbons (Fsp3) is 0.467. The lowest BCUT2D eigenvalue weighted by Gasteiger charge is -2.25. The first-order chi connectivity index (χ1) is 10.6. The fourth-order valence-corrected chi connectivity index (χ4v) is 2.20. The van der Waals surface area contributed by atoms with Crippen LogP contribution in [0.2, 0.25) is 0 Å². The Morgan fingerprint density at radius 2 is 2.27 bits per heavy atom. The lowest BCUT2D eigenvalue weighted by Crippen LogP contribution is -2.51. The van der Waals surface area contributed by atoms with Crippen LogP contribution in [0.3, 0.4) is 0 Å². The van der Waals surface area contributed by atoms with Crippen LogP contribution in [-0.4, -0.2) is 31.0 Å². The van der Waals surface area contributed by atoms with Gasteiger partial charge in [0.05, 0.1) is 6.54 Å². The number of rotatable bonds is 4. The summed E-state index contributed by atoms with van der Waals surface area (Å²) in [7, 11) is 0. The molecule has 1 unspecified atom stereocenters. The summed E-state index contributed by atoms with van der Waals surface area (Å²) < 4.78 is 26.7. The van der Waals surface area contributed by atoms with E-state index in [1.165, 1.54) is 0 Å². The highest BCUT2D eigenvalue weighted by atomic mass is 19.1. The van der Waals surface area contributed by atoms with Gasteiger partial charge in [0.2, 0.25) is 5.91 Å². The molecule has 1 aliphatic rings. The Bertz CT molecular complexity index is 552. The number of halogens is 2. The van der Waals surface area contributed by atoms with Gasteiger partial charge < -0.3 is 16.0 Å². The van der Waals surface area contributed by atoms with Crippen molar-refractivity contribution in [1.29, 1.82) is 0 Å². The predicted molar refractivity (Wildman–Crippen MR) is 80.3 cm³/mol. The number of benzene rings is 1. The molecule has 1 atom stereocenters. The molecular weight excluding hydrogens is 290 g/mol. The molecule has 0 radical (unpaired) electrons. The van der Waals surface area contributed by atoms with Gasteiger partial charge in [-0.3, -0.25) is 4.79 Å². The molecule has 1 fully saturated rings. The van der Waals surface area contributed by atoms with Gasteiger partial charge in [0.1, 0.15) is 11.6 Å². The molecule has 22 heavy (non-hydrogen) atoms. The molecule has 1 heterocycles. The number of aliphatic imine (C=N–C) groups is 1. The maximum atomic E-state index is 13.6. The minimum atomic E-state index is -0.487. The molecule has 5 nitrogen and oxygen atoms in total. The molecule has 0 aliphatic carbocycles. The number of guanidine groups is 1. The van der Waals surface area contributed by atoms with Crippen LogP contribution in [0.25, 0.3) is 0 Å². The lowest BCUT2D eigenvalue weighted by molar-refractivity contribution is -0.122. The van der Waals surface area contributed by atoms with Crippen LogP contribution < -0.4 is 16.0 Å². The van der Waals surface area contributed by atoms with Crippen molar-refractivity contribution in [3.05, 3.63) is 35.4 Å². The van der Waals surface area contributed by atoms with Gasteiger partial charge in [-0.05, 0) is 31.5 Å². The minimum absolute atomic E-state index is 0.0397. The van der Waals surface area contributed by atoms with Gasteiger partial charge in [0.15, 0.2) is 5.96 Å². The number of nitrogens with zero attached hydrogens (tertiary/aromatic N) is 1. The van der Waals surface area contributed by atoms with E-state index < -0.39 is 11.6 Å². The maximum Gasteiger partial charge on any atom is 0.220 e. The van der Waals surface area contributed by atoms with Crippen LogP contribution in [0.15, 0.2) is 23.2 Å². The van der Waals surface area contributed by atoms with Crippen molar-refractivity contribution in [2.75, 3.05) is 13.1 Å². The van der Waals surface area contributed by atoms with Crippen molar-refractivity contribution < 1.29 is 13.6 Å². The first kappa shape index (κ1) is 16.2. The zero-order valence-electron chi connectivity index (χ0n) is 12.5. The SMILES string of the molecule is CCNC(=NCc1cc(F)ccc1F)NC1CCC(=O)NC1. The first-order valence-corrected chi connectivity index (χ1v) is 7.34. The Labute approximate surface area is 128 Å². The molecule has 0 aromatic heterocycles. The molecule has 0 spiro atoms. The van der Waals surface area contributed by atoms with E-state index in [4.69, 9.17) is 0 Å². The third-order valence-electron chi connectivity index (χ3n) is 3.37. The van der Waals surface area contributed by atoms with Crippen molar-refractivity contribution >= 4 is 11.9 Å². The molecule has 120 valence electrons. The standard InChI is InChI=1S/C15H20F2N4O/c1-2-18-15(21-12-4-6-14(22)19-9-12)20-8-10-7-11(16)3-5-13(10)17/h3,5,7,12H,2,4,6,8-9H2,1H3,(H,19,22)(H2,18,20,21). The molecule has 1 aliphatic heterocycles. The number of piperidine rings is 1. The van der Waals surface area contributed by atoms with Crippen molar-refractivity contribution in [1.82, 2.24) is 16.0 Å². The summed E-state index contributed by atoms with van der Waals surface area (Å²) in [5.41, 5.74) is 0.203. The number of carbonyl (C=O) groups excluding carboxylic acids is 1. The smallest absolute Gasteiger partial charge is 0.220 e. The summed E-state index contributed by atoms with van der Waals surface area (Å²) in [6.45, 7) is 3.13. The number of nitrogens with one attached hydrogen (secondary N) is 3. The number of amides is 1. The normalized spacial score (nSPS) is 18.8. The Balaban J connectivity index is 2.00. The maximum absolute atomic E-state index is 13.6. The minimum Gasteiger partial charge on any atom is -0.357 e.